The Hall–Kier alpha value is -1.72. The Morgan fingerprint density at radius 3 is 2.81 bits per heavy atom. The number of carbonyl (C=O) groups excluding carboxylic acids is 1. The smallest absolute Gasteiger partial charge is 0.407 e. The van der Waals surface area contributed by atoms with Crippen LogP contribution in [0.5, 0.6) is 0 Å². The van der Waals surface area contributed by atoms with Crippen molar-refractivity contribution in [1.29, 1.82) is 0 Å². The quantitative estimate of drug-likeness (QED) is 0.805. The van der Waals surface area contributed by atoms with Crippen LogP contribution in [-0.4, -0.2) is 28.0 Å². The van der Waals surface area contributed by atoms with Crippen LogP contribution in [0.3, 0.4) is 0 Å². The molecule has 6 nitrogen and oxygen atoms in total. The Morgan fingerprint density at radius 2 is 2.31 bits per heavy atom. The van der Waals surface area contributed by atoms with Crippen molar-refractivity contribution in [3.63, 3.8) is 0 Å². The average Bonchev–Trinajstić information content (AvgIpc) is 2.48. The Bertz CT molecular complexity index is 354. The number of nitrogens with zero attached hydrogens (tertiary/aromatic N) is 2. The van der Waals surface area contributed by atoms with Gasteiger partial charge in [-0.2, -0.15) is 5.10 Å². The minimum absolute atomic E-state index is 0.431. The predicted octanol–water partition coefficient (Wildman–Crippen LogP) is 0.990. The molecule has 3 N–H and O–H groups in total. The van der Waals surface area contributed by atoms with Crippen molar-refractivity contribution < 1.29 is 9.53 Å². The van der Waals surface area contributed by atoms with Crippen molar-refractivity contribution in [2.75, 3.05) is 12.3 Å². The molecule has 0 bridgehead atoms. The molecule has 6 heteroatoms. The van der Waals surface area contributed by atoms with E-state index in [1.165, 1.54) is 0 Å². The zero-order valence-corrected chi connectivity index (χ0v) is 9.86. The molecule has 0 aliphatic carbocycles. The SMILES string of the molecule is CC(C)(C)OC(=O)NCCn1nccc1N. The Labute approximate surface area is 94.8 Å². The first kappa shape index (κ1) is 12.4. The lowest BCUT2D eigenvalue weighted by atomic mass is 10.2. The first-order valence-corrected chi connectivity index (χ1v) is 5.12. The molecule has 0 atom stereocenters. The van der Waals surface area contributed by atoms with E-state index >= 15 is 0 Å². The minimum Gasteiger partial charge on any atom is -0.444 e. The highest BCUT2D eigenvalue weighted by molar-refractivity contribution is 5.67. The highest BCUT2D eigenvalue weighted by Gasteiger charge is 2.15. The normalized spacial score (nSPS) is 11.2. The number of rotatable bonds is 3. The summed E-state index contributed by atoms with van der Waals surface area (Å²) < 4.78 is 6.68. The number of nitrogens with one attached hydrogen (secondary N) is 1. The molecule has 0 saturated carbocycles. The summed E-state index contributed by atoms with van der Waals surface area (Å²) in [6.45, 7) is 6.41. The fourth-order valence-electron chi connectivity index (χ4n) is 1.11. The van der Waals surface area contributed by atoms with Crippen LogP contribution in [0.1, 0.15) is 20.8 Å². The molecule has 0 aliphatic rings. The average molecular weight is 226 g/mol. The van der Waals surface area contributed by atoms with E-state index in [0.29, 0.717) is 18.9 Å². The molecule has 0 fully saturated rings. The highest BCUT2D eigenvalue weighted by Crippen LogP contribution is 2.06. The zero-order valence-electron chi connectivity index (χ0n) is 9.86. The van der Waals surface area contributed by atoms with Gasteiger partial charge in [0.15, 0.2) is 0 Å². The van der Waals surface area contributed by atoms with Gasteiger partial charge in [-0.3, -0.25) is 0 Å². The molecule has 1 aromatic rings. The molecule has 16 heavy (non-hydrogen) atoms. The van der Waals surface area contributed by atoms with Gasteiger partial charge < -0.3 is 15.8 Å². The summed E-state index contributed by atoms with van der Waals surface area (Å²) in [6.07, 6.45) is 1.18. The Morgan fingerprint density at radius 1 is 1.62 bits per heavy atom. The van der Waals surface area contributed by atoms with Crippen molar-refractivity contribution in [1.82, 2.24) is 15.1 Å². The number of amides is 1. The van der Waals surface area contributed by atoms with Crippen LogP contribution in [0, 0.1) is 0 Å². The fourth-order valence-corrected chi connectivity index (χ4v) is 1.11. The highest BCUT2D eigenvalue weighted by atomic mass is 16.6. The van der Waals surface area contributed by atoms with Gasteiger partial charge in [-0.15, -0.1) is 0 Å². The summed E-state index contributed by atoms with van der Waals surface area (Å²) in [5.74, 6) is 0.575. The van der Waals surface area contributed by atoms with Crippen molar-refractivity contribution in [2.45, 2.75) is 32.9 Å². The number of nitrogens with two attached hydrogens (primary N) is 1. The lowest BCUT2D eigenvalue weighted by Gasteiger charge is -2.19. The third-order valence-electron chi connectivity index (χ3n) is 1.74. The van der Waals surface area contributed by atoms with Crippen molar-refractivity contribution in [3.05, 3.63) is 12.3 Å². The van der Waals surface area contributed by atoms with Gasteiger partial charge in [-0.05, 0) is 26.8 Å². The van der Waals surface area contributed by atoms with Gasteiger partial charge >= 0.3 is 6.09 Å². The first-order chi connectivity index (χ1) is 7.38. The number of hydrogen-bond donors (Lipinski definition) is 2. The van der Waals surface area contributed by atoms with Crippen molar-refractivity contribution in [3.8, 4) is 0 Å². The van der Waals surface area contributed by atoms with Crippen LogP contribution in [-0.2, 0) is 11.3 Å². The zero-order chi connectivity index (χ0) is 12.2. The lowest BCUT2D eigenvalue weighted by Crippen LogP contribution is -2.34. The van der Waals surface area contributed by atoms with Crippen molar-refractivity contribution >= 4 is 11.9 Å². The van der Waals surface area contributed by atoms with E-state index in [2.05, 4.69) is 10.4 Å². The summed E-state index contributed by atoms with van der Waals surface area (Å²) in [6, 6.07) is 1.70. The van der Waals surface area contributed by atoms with E-state index in [1.807, 2.05) is 20.8 Å². The summed E-state index contributed by atoms with van der Waals surface area (Å²) in [5, 5.41) is 6.61. The second-order valence-corrected chi connectivity index (χ2v) is 4.41. The number of carbonyl (C=O) groups is 1. The number of aromatic nitrogens is 2. The number of anilines is 1. The lowest BCUT2D eigenvalue weighted by molar-refractivity contribution is 0.0525. The summed E-state index contributed by atoms with van der Waals surface area (Å²) >= 11 is 0. The predicted molar refractivity (Wildman–Crippen MR) is 60.9 cm³/mol. The molecule has 0 aliphatic heterocycles. The largest absolute Gasteiger partial charge is 0.444 e. The van der Waals surface area contributed by atoms with E-state index in [-0.39, 0.29) is 0 Å². The van der Waals surface area contributed by atoms with Crippen LogP contribution < -0.4 is 11.1 Å². The van der Waals surface area contributed by atoms with Crippen LogP contribution in [0.25, 0.3) is 0 Å². The summed E-state index contributed by atoms with van der Waals surface area (Å²) in [5.41, 5.74) is 5.14. The molecule has 0 aromatic carbocycles. The number of nitrogen functional groups attached to an aromatic ring is 1. The number of hydrogen-bond acceptors (Lipinski definition) is 4. The maximum absolute atomic E-state index is 11.3. The van der Waals surface area contributed by atoms with Gasteiger partial charge in [-0.1, -0.05) is 0 Å². The molecule has 1 heterocycles. The molecule has 0 saturated heterocycles. The van der Waals surface area contributed by atoms with E-state index in [9.17, 15) is 4.79 Å². The maximum atomic E-state index is 11.3. The molecule has 0 unspecified atom stereocenters. The van der Waals surface area contributed by atoms with Crippen molar-refractivity contribution in [2.24, 2.45) is 0 Å². The third-order valence-corrected chi connectivity index (χ3v) is 1.74. The first-order valence-electron chi connectivity index (χ1n) is 5.12. The fraction of sp³-hybridized carbons (Fsp3) is 0.600. The van der Waals surface area contributed by atoms with Crippen LogP contribution in [0.15, 0.2) is 12.3 Å². The number of alkyl carbamates (subject to hydrolysis) is 1. The third kappa shape index (κ3) is 4.20. The minimum atomic E-state index is -0.477. The Balaban J connectivity index is 2.26. The molecular weight excluding hydrogens is 208 g/mol. The molecular formula is C10H18N4O2. The van der Waals surface area contributed by atoms with Gasteiger partial charge in [0.05, 0.1) is 12.7 Å². The Kier molecular flexibility index (Phi) is 3.76. The topological polar surface area (TPSA) is 82.2 Å². The second-order valence-electron chi connectivity index (χ2n) is 4.41. The van der Waals surface area contributed by atoms with Crippen LogP contribution in [0.2, 0.25) is 0 Å². The monoisotopic (exact) mass is 226 g/mol. The molecule has 1 amide bonds. The molecule has 0 spiro atoms. The van der Waals surface area contributed by atoms with Gasteiger partial charge in [0.2, 0.25) is 0 Å². The molecule has 90 valence electrons. The van der Waals surface area contributed by atoms with E-state index in [1.54, 1.807) is 16.9 Å². The van der Waals surface area contributed by atoms with Crippen LogP contribution >= 0.6 is 0 Å². The van der Waals surface area contributed by atoms with E-state index in [0.717, 1.165) is 0 Å². The maximum Gasteiger partial charge on any atom is 0.407 e. The number of ether oxygens (including phenoxy) is 1. The summed E-state index contributed by atoms with van der Waals surface area (Å²) in [4.78, 5) is 11.3. The van der Waals surface area contributed by atoms with E-state index < -0.39 is 11.7 Å². The molecule has 1 rings (SSSR count). The van der Waals surface area contributed by atoms with Gasteiger partial charge in [0, 0.05) is 6.54 Å². The van der Waals surface area contributed by atoms with E-state index in [4.69, 9.17) is 10.5 Å². The standard InChI is InChI=1S/C10H18N4O2/c1-10(2,3)16-9(15)12-6-7-14-8(11)4-5-13-14/h4-5H,6-7,11H2,1-3H3,(H,12,15). The van der Waals surface area contributed by atoms with Gasteiger partial charge in [0.1, 0.15) is 11.4 Å². The molecule has 0 radical (unpaired) electrons. The van der Waals surface area contributed by atoms with Gasteiger partial charge in [0.25, 0.3) is 0 Å². The van der Waals surface area contributed by atoms with Crippen LogP contribution in [0.4, 0.5) is 10.6 Å². The second kappa shape index (κ2) is 4.87. The van der Waals surface area contributed by atoms with Gasteiger partial charge in [-0.25, -0.2) is 9.48 Å². The summed E-state index contributed by atoms with van der Waals surface area (Å²) in [7, 11) is 0. The molecule has 1 aromatic heterocycles.